The molecule has 8 rings (SSSR count). The van der Waals surface area contributed by atoms with E-state index >= 15 is 0 Å². The molecule has 6 fully saturated rings. The lowest BCUT2D eigenvalue weighted by Gasteiger charge is -2.67. The monoisotopic (exact) mass is 526 g/mol. The summed E-state index contributed by atoms with van der Waals surface area (Å²) in [6, 6.07) is 0. The van der Waals surface area contributed by atoms with Crippen molar-refractivity contribution < 1.29 is 48.3 Å². The van der Waals surface area contributed by atoms with Crippen molar-refractivity contribution in [1.29, 1.82) is 0 Å². The van der Waals surface area contributed by atoms with Gasteiger partial charge in [-0.15, -0.1) is 0 Å². The lowest BCUT2D eigenvalue weighted by atomic mass is 9.39. The van der Waals surface area contributed by atoms with E-state index in [9.17, 15) is 29.4 Å². The number of Topliss-reactive ketones (excluding diaryl/α,β-unsaturated/α-hetero) is 1. The second kappa shape index (κ2) is 6.26. The van der Waals surface area contributed by atoms with Crippen LogP contribution in [-0.2, 0) is 38.1 Å². The van der Waals surface area contributed by atoms with Gasteiger partial charge in [-0.1, -0.05) is 25.2 Å². The van der Waals surface area contributed by atoms with E-state index in [1.807, 2.05) is 19.9 Å². The van der Waals surface area contributed by atoms with E-state index in [4.69, 9.17) is 18.9 Å². The lowest BCUT2D eigenvalue weighted by Crippen LogP contribution is -2.82. The van der Waals surface area contributed by atoms with Crippen molar-refractivity contribution in [3.63, 3.8) is 0 Å². The molecule has 0 aromatic heterocycles. The van der Waals surface area contributed by atoms with Gasteiger partial charge in [0.05, 0.1) is 30.0 Å². The summed E-state index contributed by atoms with van der Waals surface area (Å²) in [6.45, 7) is 5.21. The van der Waals surface area contributed by atoms with Crippen LogP contribution < -0.4 is 0 Å². The quantitative estimate of drug-likeness (QED) is 0.339. The average Bonchev–Trinajstić information content (AvgIpc) is 3.22. The first-order chi connectivity index (χ1) is 17.8. The third-order valence-electron chi connectivity index (χ3n) is 12.0. The highest BCUT2D eigenvalue weighted by Gasteiger charge is 2.95. The van der Waals surface area contributed by atoms with Gasteiger partial charge in [0.15, 0.2) is 11.2 Å². The average molecular weight is 527 g/mol. The minimum absolute atomic E-state index is 0.0690. The number of esters is 3. The molecule has 8 aliphatic rings. The van der Waals surface area contributed by atoms with Crippen molar-refractivity contribution in [2.24, 2.45) is 34.5 Å². The summed E-state index contributed by atoms with van der Waals surface area (Å²) in [5.74, 6) is -5.13. The Hall–Kier alpha value is -2.56. The number of fused-ring (bicyclic) bond motifs is 5. The highest BCUT2D eigenvalue weighted by Crippen LogP contribution is 2.76. The largest absolute Gasteiger partial charge is 0.458 e. The van der Waals surface area contributed by atoms with E-state index in [0.29, 0.717) is 12.0 Å². The number of ether oxygens (including phenoxy) is 4. The minimum atomic E-state index is -2.23. The highest BCUT2D eigenvalue weighted by molar-refractivity contribution is 5.95. The molecule has 2 saturated carbocycles. The van der Waals surface area contributed by atoms with Gasteiger partial charge in [0, 0.05) is 12.3 Å². The van der Waals surface area contributed by atoms with Crippen molar-refractivity contribution in [2.45, 2.75) is 81.1 Å². The molecule has 10 heteroatoms. The van der Waals surface area contributed by atoms with Gasteiger partial charge in [-0.2, -0.15) is 0 Å². The van der Waals surface area contributed by atoms with Gasteiger partial charge in [-0.25, -0.2) is 9.59 Å². The van der Waals surface area contributed by atoms with Crippen LogP contribution in [0.4, 0.5) is 0 Å². The number of ketones is 1. The number of carbonyl (C=O) groups is 4. The zero-order valence-electron chi connectivity index (χ0n) is 21.4. The van der Waals surface area contributed by atoms with Crippen LogP contribution >= 0.6 is 0 Å². The summed E-state index contributed by atoms with van der Waals surface area (Å²) >= 11 is 0. The number of allylic oxidation sites excluding steroid dienone is 2. The normalized spacial score (nSPS) is 59.0. The molecule has 2 N–H and O–H groups in total. The number of rotatable bonds is 0. The molecular weight excluding hydrogens is 496 g/mol. The van der Waals surface area contributed by atoms with Crippen molar-refractivity contribution in [2.75, 3.05) is 6.61 Å². The van der Waals surface area contributed by atoms with E-state index in [-0.39, 0.29) is 31.7 Å². The van der Waals surface area contributed by atoms with E-state index in [0.717, 1.165) is 0 Å². The molecule has 1 spiro atoms. The lowest BCUT2D eigenvalue weighted by molar-refractivity contribution is -0.329. The zero-order chi connectivity index (χ0) is 26.8. The molecule has 4 aliphatic carbocycles. The maximum absolute atomic E-state index is 14.4. The van der Waals surface area contributed by atoms with Crippen LogP contribution in [0.2, 0.25) is 0 Å². The number of carbonyl (C=O) groups excluding carboxylic acids is 4. The maximum Gasteiger partial charge on any atom is 0.343 e. The van der Waals surface area contributed by atoms with Crippen molar-refractivity contribution in [1.82, 2.24) is 0 Å². The Morgan fingerprint density at radius 3 is 2.58 bits per heavy atom. The fourth-order valence-electron chi connectivity index (χ4n) is 10.3. The number of hydrogen-bond donors (Lipinski definition) is 2. The molecule has 0 aromatic rings. The maximum atomic E-state index is 14.4. The molecule has 4 saturated heterocycles. The molecule has 10 nitrogen and oxygen atoms in total. The molecule has 38 heavy (non-hydrogen) atoms. The molecule has 4 bridgehead atoms. The van der Waals surface area contributed by atoms with Gasteiger partial charge in [0.1, 0.15) is 11.9 Å². The summed E-state index contributed by atoms with van der Waals surface area (Å²) in [4.78, 5) is 54.9. The third-order valence-corrected chi connectivity index (χ3v) is 12.0. The molecule has 202 valence electrons. The third kappa shape index (κ3) is 1.98. The van der Waals surface area contributed by atoms with Gasteiger partial charge in [0.25, 0.3) is 0 Å². The van der Waals surface area contributed by atoms with Crippen LogP contribution in [0.3, 0.4) is 0 Å². The topological polar surface area (TPSA) is 146 Å². The van der Waals surface area contributed by atoms with Crippen molar-refractivity contribution in [3.8, 4) is 0 Å². The molecular formula is C28H30O10. The zero-order valence-corrected chi connectivity index (χ0v) is 21.4. The molecule has 0 aromatic carbocycles. The predicted octanol–water partition coefficient (Wildman–Crippen LogP) is 0.528. The molecule has 1 unspecified atom stereocenters. The smallest absolute Gasteiger partial charge is 0.343 e. The van der Waals surface area contributed by atoms with Crippen molar-refractivity contribution >= 4 is 23.7 Å². The first kappa shape index (κ1) is 23.3. The summed E-state index contributed by atoms with van der Waals surface area (Å²) < 4.78 is 24.5. The van der Waals surface area contributed by atoms with Gasteiger partial charge in [0.2, 0.25) is 11.2 Å². The Bertz CT molecular complexity index is 1330. The fourth-order valence-corrected chi connectivity index (χ4v) is 10.3. The van der Waals surface area contributed by atoms with Gasteiger partial charge in [-0.05, 0) is 50.0 Å². The van der Waals surface area contributed by atoms with E-state index in [2.05, 4.69) is 0 Å². The molecule has 4 aliphatic heterocycles. The second-order valence-electron chi connectivity index (χ2n) is 13.3. The van der Waals surface area contributed by atoms with E-state index in [1.165, 1.54) is 0 Å². The first-order valence-electron chi connectivity index (χ1n) is 13.5. The van der Waals surface area contributed by atoms with Crippen LogP contribution in [-0.4, -0.2) is 75.1 Å². The standard InChI is InChI=1S/C28H30O10/c1-23-10-18-25(3)28-20(23)27(22(33)38-28,35-11-16(23)19(31)36-18)15-5-4-12-8-13(29)9-17(30)24(12,2)14(15)6-7-26(28,34)21(32)37-25/h4-5,8,13-16,18,20,29,34H,6-7,9-11H2,1-3H3/t13-,14+,15+,16+,18-,20-,23+,24+,25+,26?,27+,28+/m1/s1. The van der Waals surface area contributed by atoms with Gasteiger partial charge >= 0.3 is 17.9 Å². The summed E-state index contributed by atoms with van der Waals surface area (Å²) in [5.41, 5.74) is -8.70. The highest BCUT2D eigenvalue weighted by atomic mass is 16.7. The Morgan fingerprint density at radius 2 is 1.82 bits per heavy atom. The summed E-state index contributed by atoms with van der Waals surface area (Å²) in [7, 11) is 0. The molecule has 0 radical (unpaired) electrons. The number of aliphatic hydroxyl groups excluding tert-OH is 1. The summed E-state index contributed by atoms with van der Waals surface area (Å²) in [6.07, 6.45) is 3.83. The van der Waals surface area contributed by atoms with Crippen LogP contribution in [0.1, 0.15) is 46.5 Å². The Labute approximate surface area is 218 Å². The van der Waals surface area contributed by atoms with E-state index < -0.39 is 87.0 Å². The van der Waals surface area contributed by atoms with Gasteiger partial charge < -0.3 is 29.2 Å². The molecule has 12 atom stereocenters. The Morgan fingerprint density at radius 1 is 1.05 bits per heavy atom. The van der Waals surface area contributed by atoms with Crippen LogP contribution in [0.25, 0.3) is 0 Å². The first-order valence-corrected chi connectivity index (χ1v) is 13.5. The predicted molar refractivity (Wildman–Crippen MR) is 124 cm³/mol. The molecule has 4 heterocycles. The minimum Gasteiger partial charge on any atom is -0.458 e. The second-order valence-corrected chi connectivity index (χ2v) is 13.3. The van der Waals surface area contributed by atoms with Crippen LogP contribution in [0.5, 0.6) is 0 Å². The number of hydrogen-bond acceptors (Lipinski definition) is 10. The van der Waals surface area contributed by atoms with Crippen molar-refractivity contribution in [3.05, 3.63) is 23.8 Å². The summed E-state index contributed by atoms with van der Waals surface area (Å²) in [5, 5.41) is 22.7. The van der Waals surface area contributed by atoms with Gasteiger partial charge in [-0.3, -0.25) is 9.59 Å². The van der Waals surface area contributed by atoms with E-state index in [1.54, 1.807) is 19.1 Å². The van der Waals surface area contributed by atoms with Crippen LogP contribution in [0, 0.1) is 34.5 Å². The number of aliphatic hydroxyl groups is 2. The molecule has 0 amide bonds. The Balaban J connectivity index is 1.45. The Kier molecular flexibility index (Phi) is 3.84. The SMILES string of the molecule is C[C@]12C(=O)C[C@H](O)C=C1C=C[C@H]1[C@@H]2CCC2(O)C(=O)O[C@@]3(C)[C@H]4C[C@]5(C)[C@@H]6[C@]1(OC[C@H]5C(=O)O4)C(=O)O[C@]623. The fraction of sp³-hybridized carbons (Fsp3) is 0.714. The van der Waals surface area contributed by atoms with Crippen LogP contribution in [0.15, 0.2) is 23.8 Å².